The molecule has 0 aliphatic carbocycles. The van der Waals surface area contributed by atoms with E-state index in [9.17, 15) is 14.7 Å². The maximum absolute atomic E-state index is 15.3. The Labute approximate surface area is 536 Å². The molecule has 3 N–H and O–H groups in total. The van der Waals surface area contributed by atoms with Crippen molar-refractivity contribution in [1.29, 1.82) is 0 Å². The van der Waals surface area contributed by atoms with Crippen molar-refractivity contribution in [2.45, 2.75) is 457 Å². The van der Waals surface area contributed by atoms with Crippen molar-refractivity contribution in [1.82, 2.24) is 4.90 Å². The maximum atomic E-state index is 15.3. The Morgan fingerprint density at radius 3 is 0.698 bits per heavy atom. The minimum atomic E-state index is -2.59. The third kappa shape index (κ3) is 47.8. The lowest BCUT2D eigenvalue weighted by molar-refractivity contribution is -0.177. The minimum Gasteiger partial charge on any atom is -0.479 e. The predicted molar refractivity (Wildman–Crippen MR) is 372 cm³/mol. The van der Waals surface area contributed by atoms with E-state index >= 15 is 14.4 Å². The van der Waals surface area contributed by atoms with E-state index in [1.165, 1.54) is 263 Å². The molecule has 8 heteroatoms. The van der Waals surface area contributed by atoms with E-state index in [4.69, 9.17) is 5.73 Å². The number of rotatable bonds is 72. The van der Waals surface area contributed by atoms with E-state index in [-0.39, 0.29) is 44.4 Å². The first-order valence-corrected chi connectivity index (χ1v) is 39.1. The summed E-state index contributed by atoms with van der Waals surface area (Å²) < 4.78 is 0. The fourth-order valence-corrected chi connectivity index (χ4v) is 13.5. The molecule has 0 aromatic rings. The van der Waals surface area contributed by atoms with E-state index in [1.54, 1.807) is 0 Å². The molecule has 2 unspecified atom stereocenters. The van der Waals surface area contributed by atoms with Crippen molar-refractivity contribution in [3.05, 3.63) is 0 Å². The van der Waals surface area contributed by atoms with Crippen molar-refractivity contribution in [3.8, 4) is 0 Å². The van der Waals surface area contributed by atoms with Gasteiger partial charge in [0, 0.05) is 25.7 Å². The molecule has 508 valence electrons. The second kappa shape index (κ2) is 65.8. The number of amides is 2. The zero-order valence-corrected chi connectivity index (χ0v) is 58.5. The van der Waals surface area contributed by atoms with Crippen LogP contribution in [0.3, 0.4) is 0 Å². The van der Waals surface area contributed by atoms with Gasteiger partial charge in [-0.25, -0.2) is 4.79 Å². The van der Waals surface area contributed by atoms with Crippen LogP contribution in [0, 0.1) is 5.92 Å². The topological polar surface area (TPSA) is 135 Å². The highest BCUT2D eigenvalue weighted by Gasteiger charge is 2.61. The lowest BCUT2D eigenvalue weighted by atomic mass is 9.71. The molecule has 0 aliphatic rings. The van der Waals surface area contributed by atoms with E-state index in [1.807, 2.05) is 0 Å². The number of aliphatic carboxylic acids is 1. The second-order valence-corrected chi connectivity index (χ2v) is 27.4. The van der Waals surface area contributed by atoms with Gasteiger partial charge in [-0.2, -0.15) is 0 Å². The Kier molecular flexibility index (Phi) is 64.2. The van der Waals surface area contributed by atoms with Crippen LogP contribution in [-0.2, 0) is 24.0 Å². The molecule has 0 aromatic heterocycles. The number of hydrogen-bond donors (Lipinski definition) is 2. The van der Waals surface area contributed by atoms with Crippen LogP contribution in [0.2, 0.25) is 0 Å². The van der Waals surface area contributed by atoms with Gasteiger partial charge in [-0.15, -0.1) is 0 Å². The first-order chi connectivity index (χ1) is 42.2. The molecule has 86 heavy (non-hydrogen) atoms. The molecule has 2 amide bonds. The van der Waals surface area contributed by atoms with E-state index in [0.29, 0.717) is 32.1 Å². The second-order valence-electron chi connectivity index (χ2n) is 27.4. The van der Waals surface area contributed by atoms with Gasteiger partial charge >= 0.3 is 5.97 Å². The lowest BCUT2D eigenvalue weighted by Gasteiger charge is -2.43. The summed E-state index contributed by atoms with van der Waals surface area (Å²) in [5, 5.41) is 11.8. The summed E-state index contributed by atoms with van der Waals surface area (Å²) in [6.07, 6.45) is 71.2. The quantitative estimate of drug-likeness (QED) is 0.0457. The fourth-order valence-electron chi connectivity index (χ4n) is 13.5. The number of Topliss-reactive ketones (excluding diaryl/α,β-unsaturated/α-hetero) is 2. The van der Waals surface area contributed by atoms with Crippen molar-refractivity contribution < 1.29 is 29.1 Å². The normalized spacial score (nSPS) is 12.7. The maximum Gasteiger partial charge on any atom is 0.338 e. The summed E-state index contributed by atoms with van der Waals surface area (Å²) >= 11 is 0. The van der Waals surface area contributed by atoms with Gasteiger partial charge in [-0.3, -0.25) is 24.1 Å². The Bertz CT molecular complexity index is 1450. The fraction of sp³-hybridized carbons (Fsp3) is 0.936. The zero-order chi connectivity index (χ0) is 62.9. The van der Waals surface area contributed by atoms with Crippen LogP contribution >= 0.6 is 0 Å². The zero-order valence-electron chi connectivity index (χ0n) is 58.5. The molecule has 0 bridgehead atoms. The molecule has 0 fully saturated rings. The number of nitrogens with zero attached hydrogens (tertiary/aromatic N) is 1. The summed E-state index contributed by atoms with van der Waals surface area (Å²) in [5.74, 6) is -5.03. The number of nitrogens with two attached hydrogens (primary N) is 1. The summed E-state index contributed by atoms with van der Waals surface area (Å²) in [6.45, 7) is 9.28. The number of carbonyl (C=O) groups is 5. The van der Waals surface area contributed by atoms with E-state index in [0.717, 1.165) is 101 Å². The molecular formula is C78H150N2O6. The van der Waals surface area contributed by atoms with Crippen molar-refractivity contribution in [2.75, 3.05) is 6.54 Å². The molecule has 0 radical (unpaired) electrons. The summed E-state index contributed by atoms with van der Waals surface area (Å²) in [5.41, 5.74) is 3.57. The number of unbranched alkanes of at least 4 members (excludes halogenated alkanes) is 56. The van der Waals surface area contributed by atoms with E-state index in [2.05, 4.69) is 27.7 Å². The Morgan fingerprint density at radius 2 is 0.488 bits per heavy atom. The molecule has 0 saturated carbocycles. The predicted octanol–water partition coefficient (Wildman–Crippen LogP) is 24.7. The molecule has 0 rings (SSSR count). The van der Waals surface area contributed by atoms with Crippen LogP contribution in [0.15, 0.2) is 0 Å². The third-order valence-corrected chi connectivity index (χ3v) is 19.2. The molecule has 0 aromatic carbocycles. The Balaban J connectivity index is 6.23. The summed E-state index contributed by atoms with van der Waals surface area (Å²) in [6, 6.07) is 0. The van der Waals surface area contributed by atoms with Crippen LogP contribution in [0.25, 0.3) is 0 Å². The van der Waals surface area contributed by atoms with Gasteiger partial charge in [0.05, 0.1) is 5.92 Å². The van der Waals surface area contributed by atoms with Crippen LogP contribution in [0.5, 0.6) is 0 Å². The first kappa shape index (κ1) is 83.9. The highest BCUT2D eigenvalue weighted by atomic mass is 16.4. The van der Waals surface area contributed by atoms with Crippen LogP contribution in [0.4, 0.5) is 0 Å². The SMILES string of the molecule is CCCCCCCCCCCCCCCCCC(=O)C(CCCN)C(C(=O)O)(C(=O)CCCCCCCCCCCCCCCCC)N(C(=O)CCCCCCCCCCCCCCCCC)C(=O)CCCCCCCCCCCCCCCCC. The van der Waals surface area contributed by atoms with Gasteiger partial charge in [0.25, 0.3) is 0 Å². The minimum absolute atomic E-state index is 0.0129. The highest BCUT2D eigenvalue weighted by Crippen LogP contribution is 2.37. The molecule has 0 aliphatic heterocycles. The Hall–Kier alpha value is -2.09. The number of imide groups is 1. The number of hydrogen-bond acceptors (Lipinski definition) is 6. The van der Waals surface area contributed by atoms with Gasteiger partial charge in [0.2, 0.25) is 17.4 Å². The summed E-state index contributed by atoms with van der Waals surface area (Å²) in [7, 11) is 0. The summed E-state index contributed by atoms with van der Waals surface area (Å²) in [4.78, 5) is 75.6. The highest BCUT2D eigenvalue weighted by molar-refractivity contribution is 6.18. The molecule has 0 saturated heterocycles. The third-order valence-electron chi connectivity index (χ3n) is 19.2. The molecule has 0 heterocycles. The Morgan fingerprint density at radius 1 is 0.291 bits per heavy atom. The van der Waals surface area contributed by atoms with Crippen molar-refractivity contribution >= 4 is 29.4 Å². The van der Waals surface area contributed by atoms with Crippen molar-refractivity contribution in [3.63, 3.8) is 0 Å². The monoisotopic (exact) mass is 1210 g/mol. The number of carbonyl (C=O) groups excluding carboxylic acids is 4. The van der Waals surface area contributed by atoms with Crippen LogP contribution in [0.1, 0.15) is 451 Å². The van der Waals surface area contributed by atoms with Gasteiger partial charge in [-0.1, -0.05) is 387 Å². The van der Waals surface area contributed by atoms with Gasteiger partial charge in [0.15, 0.2) is 5.78 Å². The lowest BCUT2D eigenvalue weighted by Crippen LogP contribution is -2.69. The molecule has 8 nitrogen and oxygen atoms in total. The molecular weight excluding hydrogens is 1060 g/mol. The van der Waals surface area contributed by atoms with E-state index < -0.39 is 35.0 Å². The van der Waals surface area contributed by atoms with Gasteiger partial charge < -0.3 is 10.8 Å². The first-order valence-electron chi connectivity index (χ1n) is 39.1. The van der Waals surface area contributed by atoms with Gasteiger partial charge in [-0.05, 0) is 45.1 Å². The van der Waals surface area contributed by atoms with Crippen molar-refractivity contribution in [2.24, 2.45) is 11.7 Å². The standard InChI is InChI=1S/C78H150N2O6/c1-5-9-13-17-21-25-29-33-37-41-45-49-53-57-61-67-73(81)72(66-65-71-79)78(77(85)86,74(82)68-62-58-54-50-46-42-38-34-30-26-22-18-14-10-6-2)80(75(83)69-63-59-55-51-47-43-39-35-31-27-23-19-15-11-7-3)76(84)70-64-60-56-52-48-44-40-36-32-28-24-20-16-12-8-4/h72H,5-71,79H2,1-4H3,(H,85,86). The molecule has 0 spiro atoms. The average Bonchev–Trinajstić information content (AvgIpc) is 0.847. The largest absolute Gasteiger partial charge is 0.479 e. The van der Waals surface area contributed by atoms with Crippen LogP contribution in [-0.4, -0.2) is 51.4 Å². The smallest absolute Gasteiger partial charge is 0.338 e. The van der Waals surface area contributed by atoms with Crippen LogP contribution < -0.4 is 5.73 Å². The number of carboxylic acids is 1. The van der Waals surface area contributed by atoms with Gasteiger partial charge in [0.1, 0.15) is 5.78 Å². The number of carboxylic acid groups (broad SMARTS) is 1. The number of ketones is 2. The molecule has 2 atom stereocenters. The average molecular weight is 1210 g/mol.